The van der Waals surface area contributed by atoms with Crippen LogP contribution in [0.2, 0.25) is 0 Å². The van der Waals surface area contributed by atoms with Gasteiger partial charge in [0.2, 0.25) is 6.54 Å². The number of anilines is 1. The van der Waals surface area contributed by atoms with Crippen LogP contribution in [0.5, 0.6) is 0 Å². The highest BCUT2D eigenvalue weighted by atomic mass is 16.6. The standard InChI is InChI=1S/C15H17N3O2/c1-11-3-4-14(12(2)9-11)17-15(10-18(19)20)13-5-7-16-8-6-13/h3-9,15,17H,10H2,1-2H3. The first-order valence-electron chi connectivity index (χ1n) is 6.42. The third-order valence-electron chi connectivity index (χ3n) is 3.15. The van der Waals surface area contributed by atoms with Crippen LogP contribution in [0.15, 0.2) is 42.7 Å². The van der Waals surface area contributed by atoms with Gasteiger partial charge in [-0.2, -0.15) is 0 Å². The second-order valence-corrected chi connectivity index (χ2v) is 4.81. The number of nitrogens with zero attached hydrogens (tertiary/aromatic N) is 2. The van der Waals surface area contributed by atoms with Gasteiger partial charge in [-0.1, -0.05) is 17.7 Å². The number of benzene rings is 1. The van der Waals surface area contributed by atoms with Crippen molar-refractivity contribution >= 4 is 5.69 Å². The maximum atomic E-state index is 10.9. The topological polar surface area (TPSA) is 68.1 Å². The molecule has 5 heteroatoms. The van der Waals surface area contributed by atoms with Crippen molar-refractivity contribution in [2.75, 3.05) is 11.9 Å². The largest absolute Gasteiger partial charge is 0.372 e. The van der Waals surface area contributed by atoms with Gasteiger partial charge in [0.25, 0.3) is 0 Å². The van der Waals surface area contributed by atoms with E-state index in [0.717, 1.165) is 16.8 Å². The van der Waals surface area contributed by atoms with Crippen LogP contribution in [0.1, 0.15) is 22.7 Å². The van der Waals surface area contributed by atoms with E-state index in [1.54, 1.807) is 24.5 Å². The van der Waals surface area contributed by atoms with Gasteiger partial charge in [0.1, 0.15) is 6.04 Å². The van der Waals surface area contributed by atoms with Crippen LogP contribution in [0.4, 0.5) is 5.69 Å². The van der Waals surface area contributed by atoms with Crippen molar-refractivity contribution in [1.29, 1.82) is 0 Å². The summed E-state index contributed by atoms with van der Waals surface area (Å²) in [5, 5.41) is 14.1. The van der Waals surface area contributed by atoms with Crippen molar-refractivity contribution < 1.29 is 4.92 Å². The van der Waals surface area contributed by atoms with Crippen molar-refractivity contribution in [3.05, 3.63) is 69.5 Å². The second-order valence-electron chi connectivity index (χ2n) is 4.81. The monoisotopic (exact) mass is 271 g/mol. The highest BCUT2D eigenvalue weighted by Crippen LogP contribution is 2.23. The zero-order valence-electron chi connectivity index (χ0n) is 11.5. The summed E-state index contributed by atoms with van der Waals surface area (Å²) in [5.74, 6) is 0. The Morgan fingerprint density at radius 2 is 1.95 bits per heavy atom. The van der Waals surface area contributed by atoms with E-state index in [0.29, 0.717) is 0 Å². The van der Waals surface area contributed by atoms with Gasteiger partial charge >= 0.3 is 0 Å². The maximum Gasteiger partial charge on any atom is 0.227 e. The molecule has 1 aromatic heterocycles. The zero-order chi connectivity index (χ0) is 14.5. The van der Waals surface area contributed by atoms with Gasteiger partial charge in [-0.05, 0) is 43.2 Å². The quantitative estimate of drug-likeness (QED) is 0.670. The molecule has 0 aliphatic carbocycles. The Morgan fingerprint density at radius 3 is 2.55 bits per heavy atom. The molecule has 1 aromatic carbocycles. The molecule has 1 heterocycles. The molecule has 1 N–H and O–H groups in total. The molecule has 0 aliphatic rings. The van der Waals surface area contributed by atoms with Crippen LogP contribution in [-0.2, 0) is 0 Å². The molecule has 20 heavy (non-hydrogen) atoms. The lowest BCUT2D eigenvalue weighted by Crippen LogP contribution is -2.20. The van der Waals surface area contributed by atoms with Crippen LogP contribution in [0.3, 0.4) is 0 Å². The van der Waals surface area contributed by atoms with Gasteiger partial charge < -0.3 is 5.32 Å². The molecule has 0 amide bonds. The molecule has 0 radical (unpaired) electrons. The van der Waals surface area contributed by atoms with Gasteiger partial charge in [-0.25, -0.2) is 0 Å². The van der Waals surface area contributed by atoms with E-state index in [1.165, 1.54) is 5.56 Å². The Hall–Kier alpha value is -2.43. The molecule has 1 atom stereocenters. The van der Waals surface area contributed by atoms with E-state index in [1.807, 2.05) is 26.0 Å². The minimum atomic E-state index is -0.366. The first-order valence-corrected chi connectivity index (χ1v) is 6.42. The van der Waals surface area contributed by atoms with Crippen molar-refractivity contribution in [1.82, 2.24) is 4.98 Å². The summed E-state index contributed by atoms with van der Waals surface area (Å²) < 4.78 is 0. The lowest BCUT2D eigenvalue weighted by molar-refractivity contribution is -0.482. The second kappa shape index (κ2) is 6.14. The third-order valence-corrected chi connectivity index (χ3v) is 3.15. The predicted molar refractivity (Wildman–Crippen MR) is 78.4 cm³/mol. The molecule has 5 nitrogen and oxygen atoms in total. The molecule has 0 saturated carbocycles. The van der Waals surface area contributed by atoms with E-state index >= 15 is 0 Å². The van der Waals surface area contributed by atoms with Crippen molar-refractivity contribution in [3.8, 4) is 0 Å². The Kier molecular flexibility index (Phi) is 4.30. The number of aromatic nitrogens is 1. The third kappa shape index (κ3) is 3.54. The fraction of sp³-hybridized carbons (Fsp3) is 0.267. The minimum absolute atomic E-state index is 0.169. The summed E-state index contributed by atoms with van der Waals surface area (Å²) >= 11 is 0. The van der Waals surface area contributed by atoms with Crippen molar-refractivity contribution in [2.45, 2.75) is 19.9 Å². The van der Waals surface area contributed by atoms with Gasteiger partial charge in [0.15, 0.2) is 0 Å². The summed E-state index contributed by atoms with van der Waals surface area (Å²) in [6.45, 7) is 3.84. The van der Waals surface area contributed by atoms with Gasteiger partial charge in [0.05, 0.1) is 0 Å². The Balaban J connectivity index is 2.26. The number of nitrogens with one attached hydrogen (secondary N) is 1. The summed E-state index contributed by atoms with van der Waals surface area (Å²) in [5.41, 5.74) is 4.02. The molecule has 0 spiro atoms. The summed E-state index contributed by atoms with van der Waals surface area (Å²) in [7, 11) is 0. The number of hydrogen-bond donors (Lipinski definition) is 1. The minimum Gasteiger partial charge on any atom is -0.372 e. The SMILES string of the molecule is Cc1ccc(NC(C[N+](=O)[O-])c2ccncc2)c(C)c1. The normalized spacial score (nSPS) is 11.9. The van der Waals surface area contributed by atoms with Crippen molar-refractivity contribution in [3.63, 3.8) is 0 Å². The average molecular weight is 271 g/mol. The Morgan fingerprint density at radius 1 is 1.25 bits per heavy atom. The fourth-order valence-electron chi connectivity index (χ4n) is 2.14. The average Bonchev–Trinajstić information content (AvgIpc) is 2.41. The van der Waals surface area contributed by atoms with Gasteiger partial charge in [-0.15, -0.1) is 0 Å². The van der Waals surface area contributed by atoms with Crippen LogP contribution in [-0.4, -0.2) is 16.5 Å². The number of nitro groups is 1. The molecule has 2 rings (SSSR count). The molecule has 0 saturated heterocycles. The fourth-order valence-corrected chi connectivity index (χ4v) is 2.14. The number of aryl methyl sites for hydroxylation is 2. The summed E-state index contributed by atoms with van der Waals surface area (Å²) in [6.07, 6.45) is 3.29. The number of pyridine rings is 1. The van der Waals surface area contributed by atoms with Gasteiger partial charge in [-0.3, -0.25) is 15.1 Å². The van der Waals surface area contributed by atoms with Crippen LogP contribution in [0, 0.1) is 24.0 Å². The maximum absolute atomic E-state index is 10.9. The van der Waals surface area contributed by atoms with E-state index in [-0.39, 0.29) is 17.5 Å². The first kappa shape index (κ1) is 14.0. The van der Waals surface area contributed by atoms with E-state index in [9.17, 15) is 10.1 Å². The van der Waals surface area contributed by atoms with E-state index in [2.05, 4.69) is 16.4 Å². The van der Waals surface area contributed by atoms with E-state index in [4.69, 9.17) is 0 Å². The van der Waals surface area contributed by atoms with Crippen LogP contribution in [0.25, 0.3) is 0 Å². The molecular weight excluding hydrogens is 254 g/mol. The number of hydrogen-bond acceptors (Lipinski definition) is 4. The Bertz CT molecular complexity index is 599. The lowest BCUT2D eigenvalue weighted by atomic mass is 10.1. The van der Waals surface area contributed by atoms with Crippen molar-refractivity contribution in [2.24, 2.45) is 0 Å². The highest BCUT2D eigenvalue weighted by molar-refractivity contribution is 5.53. The van der Waals surface area contributed by atoms with Crippen LogP contribution < -0.4 is 5.32 Å². The zero-order valence-corrected chi connectivity index (χ0v) is 11.5. The summed E-state index contributed by atoms with van der Waals surface area (Å²) in [4.78, 5) is 14.5. The Labute approximate surface area is 117 Å². The molecule has 104 valence electrons. The molecule has 1 unspecified atom stereocenters. The smallest absolute Gasteiger partial charge is 0.227 e. The summed E-state index contributed by atoms with van der Waals surface area (Å²) in [6, 6.07) is 9.23. The van der Waals surface area contributed by atoms with Gasteiger partial charge in [0, 0.05) is 23.0 Å². The lowest BCUT2D eigenvalue weighted by Gasteiger charge is -2.18. The predicted octanol–water partition coefficient (Wildman–Crippen LogP) is 3.13. The van der Waals surface area contributed by atoms with Crippen LogP contribution >= 0.6 is 0 Å². The molecule has 0 fully saturated rings. The highest BCUT2D eigenvalue weighted by Gasteiger charge is 2.18. The first-order chi connectivity index (χ1) is 9.56. The molecule has 0 bridgehead atoms. The molecule has 0 aliphatic heterocycles. The van der Waals surface area contributed by atoms with E-state index < -0.39 is 0 Å². The molecule has 2 aromatic rings. The molecular formula is C15H17N3O2. The number of rotatable bonds is 5.